The molecule has 1 aromatic heterocycles. The van der Waals surface area contributed by atoms with Crippen molar-refractivity contribution in [2.75, 3.05) is 5.73 Å². The molecule has 18 heavy (non-hydrogen) atoms. The lowest BCUT2D eigenvalue weighted by Gasteiger charge is -2.22. The molecule has 2 saturated carbocycles. The third-order valence-corrected chi connectivity index (χ3v) is 5.56. The van der Waals surface area contributed by atoms with Crippen LogP contribution in [0.2, 0.25) is 0 Å². The molecule has 5 nitrogen and oxygen atoms in total. The van der Waals surface area contributed by atoms with Crippen molar-refractivity contribution in [2.24, 2.45) is 11.8 Å². The Morgan fingerprint density at radius 3 is 2.78 bits per heavy atom. The van der Waals surface area contributed by atoms with Crippen LogP contribution in [0, 0.1) is 11.8 Å². The fraction of sp³-hybridized carbons (Fsp3) is 0.583. The molecule has 0 aliphatic heterocycles. The Bertz CT molecular complexity index is 558. The van der Waals surface area contributed by atoms with E-state index in [0.717, 1.165) is 19.3 Å². The lowest BCUT2D eigenvalue weighted by Crippen LogP contribution is -2.39. The molecule has 6 heteroatoms. The smallest absolute Gasteiger partial charge is 0.260 e. The van der Waals surface area contributed by atoms with Gasteiger partial charge in [0.1, 0.15) is 0 Å². The number of rotatable bonds is 3. The third kappa shape index (κ3) is 1.99. The van der Waals surface area contributed by atoms with Gasteiger partial charge in [0.15, 0.2) is 5.03 Å². The van der Waals surface area contributed by atoms with Gasteiger partial charge in [-0.1, -0.05) is 6.42 Å². The maximum Gasteiger partial charge on any atom is 0.260 e. The SMILES string of the molecule is Nc1cccnc1S(=O)(=O)NC1CC2CCC1C2. The maximum absolute atomic E-state index is 12.2. The van der Waals surface area contributed by atoms with Crippen LogP contribution in [0.5, 0.6) is 0 Å². The molecular weight excluding hydrogens is 250 g/mol. The van der Waals surface area contributed by atoms with Gasteiger partial charge >= 0.3 is 0 Å². The van der Waals surface area contributed by atoms with Crippen molar-refractivity contribution in [3.8, 4) is 0 Å². The predicted octanol–water partition coefficient (Wildman–Crippen LogP) is 1.13. The number of anilines is 1. The van der Waals surface area contributed by atoms with Gasteiger partial charge in [-0.15, -0.1) is 0 Å². The summed E-state index contributed by atoms with van der Waals surface area (Å²) in [5.74, 6) is 1.19. The molecule has 1 aromatic rings. The van der Waals surface area contributed by atoms with Crippen LogP contribution in [0.4, 0.5) is 5.69 Å². The zero-order valence-corrected chi connectivity index (χ0v) is 10.9. The van der Waals surface area contributed by atoms with Crippen LogP contribution in [0.25, 0.3) is 0 Å². The summed E-state index contributed by atoms with van der Waals surface area (Å²) in [5, 5.41) is -0.0484. The van der Waals surface area contributed by atoms with Gasteiger partial charge < -0.3 is 5.73 Å². The Balaban J connectivity index is 1.82. The van der Waals surface area contributed by atoms with Crippen LogP contribution in [0.15, 0.2) is 23.4 Å². The highest BCUT2D eigenvalue weighted by molar-refractivity contribution is 7.89. The van der Waals surface area contributed by atoms with Crippen molar-refractivity contribution >= 4 is 15.7 Å². The first kappa shape index (κ1) is 11.9. The fourth-order valence-corrected chi connectivity index (χ4v) is 4.65. The monoisotopic (exact) mass is 267 g/mol. The molecule has 3 unspecified atom stereocenters. The molecule has 0 saturated heterocycles. The number of nitrogens with zero attached hydrogens (tertiary/aromatic N) is 1. The number of nitrogens with two attached hydrogens (primary N) is 1. The zero-order valence-electron chi connectivity index (χ0n) is 10.0. The van der Waals surface area contributed by atoms with Gasteiger partial charge in [0, 0.05) is 12.2 Å². The Kier molecular flexibility index (Phi) is 2.79. The Labute approximate surface area is 107 Å². The fourth-order valence-electron chi connectivity index (χ4n) is 3.27. The zero-order chi connectivity index (χ0) is 12.8. The van der Waals surface area contributed by atoms with E-state index in [1.165, 1.54) is 12.6 Å². The summed E-state index contributed by atoms with van der Waals surface area (Å²) in [6.07, 6.45) is 5.94. The molecule has 3 N–H and O–H groups in total. The van der Waals surface area contributed by atoms with Gasteiger partial charge in [0.05, 0.1) is 5.69 Å². The minimum Gasteiger partial charge on any atom is -0.396 e. The molecule has 2 fully saturated rings. The first-order valence-corrected chi connectivity index (χ1v) is 7.77. The number of hydrogen-bond acceptors (Lipinski definition) is 4. The summed E-state index contributed by atoms with van der Waals surface area (Å²) in [5.41, 5.74) is 5.88. The molecule has 0 amide bonds. The molecule has 2 bridgehead atoms. The van der Waals surface area contributed by atoms with Crippen molar-refractivity contribution in [3.63, 3.8) is 0 Å². The molecule has 2 aliphatic rings. The summed E-state index contributed by atoms with van der Waals surface area (Å²) < 4.78 is 27.2. The Morgan fingerprint density at radius 1 is 1.33 bits per heavy atom. The van der Waals surface area contributed by atoms with E-state index in [9.17, 15) is 8.42 Å². The molecule has 3 atom stereocenters. The minimum atomic E-state index is -3.58. The second-order valence-electron chi connectivity index (χ2n) is 5.30. The molecule has 1 heterocycles. The molecule has 0 aromatic carbocycles. The first-order chi connectivity index (χ1) is 8.56. The highest BCUT2D eigenvalue weighted by atomic mass is 32.2. The minimum absolute atomic E-state index is 0.0484. The van der Waals surface area contributed by atoms with Crippen LogP contribution in [0.3, 0.4) is 0 Å². The summed E-state index contributed by atoms with van der Waals surface area (Å²) in [6.45, 7) is 0. The normalized spacial score (nSPS) is 30.8. The van der Waals surface area contributed by atoms with E-state index in [-0.39, 0.29) is 16.8 Å². The third-order valence-electron chi connectivity index (χ3n) is 4.10. The van der Waals surface area contributed by atoms with Crippen LogP contribution >= 0.6 is 0 Å². The average Bonchev–Trinajstić information content (AvgIpc) is 2.90. The van der Waals surface area contributed by atoms with E-state index >= 15 is 0 Å². The summed E-state index contributed by atoms with van der Waals surface area (Å²) in [4.78, 5) is 3.88. The number of nitrogen functional groups attached to an aromatic ring is 1. The predicted molar refractivity (Wildman–Crippen MR) is 68.2 cm³/mol. The van der Waals surface area contributed by atoms with Gasteiger partial charge in [-0.05, 0) is 43.2 Å². The standard InChI is InChI=1S/C12H17N3O2S/c13-10-2-1-5-14-12(10)18(16,17)15-11-7-8-3-4-9(11)6-8/h1-2,5,8-9,11,15H,3-4,6-7,13H2. The highest BCUT2D eigenvalue weighted by Crippen LogP contribution is 2.44. The summed E-state index contributed by atoms with van der Waals surface area (Å²) in [7, 11) is -3.58. The van der Waals surface area contributed by atoms with Crippen molar-refractivity contribution in [3.05, 3.63) is 18.3 Å². The van der Waals surface area contributed by atoms with E-state index in [1.807, 2.05) is 0 Å². The van der Waals surface area contributed by atoms with Crippen LogP contribution < -0.4 is 10.5 Å². The number of pyridine rings is 1. The lowest BCUT2D eigenvalue weighted by atomic mass is 9.96. The number of fused-ring (bicyclic) bond motifs is 2. The van der Waals surface area contributed by atoms with E-state index in [4.69, 9.17) is 5.73 Å². The number of hydrogen-bond donors (Lipinski definition) is 2. The first-order valence-electron chi connectivity index (χ1n) is 6.29. The van der Waals surface area contributed by atoms with E-state index in [2.05, 4.69) is 9.71 Å². The summed E-state index contributed by atoms with van der Waals surface area (Å²) in [6, 6.07) is 3.25. The highest BCUT2D eigenvalue weighted by Gasteiger charge is 2.41. The number of nitrogens with one attached hydrogen (secondary N) is 1. The van der Waals surface area contributed by atoms with Crippen LogP contribution in [0.1, 0.15) is 25.7 Å². The van der Waals surface area contributed by atoms with Gasteiger partial charge in [0.25, 0.3) is 10.0 Å². The molecule has 2 aliphatic carbocycles. The Hall–Kier alpha value is -1.14. The molecule has 0 radical (unpaired) electrons. The summed E-state index contributed by atoms with van der Waals surface area (Å²) >= 11 is 0. The van der Waals surface area contributed by atoms with Crippen molar-refractivity contribution < 1.29 is 8.42 Å². The topological polar surface area (TPSA) is 85.1 Å². The van der Waals surface area contributed by atoms with Crippen molar-refractivity contribution in [2.45, 2.75) is 36.8 Å². The van der Waals surface area contributed by atoms with Gasteiger partial charge in [-0.2, -0.15) is 0 Å². The van der Waals surface area contributed by atoms with Crippen LogP contribution in [-0.2, 0) is 10.0 Å². The molecule has 0 spiro atoms. The van der Waals surface area contributed by atoms with Crippen molar-refractivity contribution in [1.29, 1.82) is 0 Å². The van der Waals surface area contributed by atoms with Crippen molar-refractivity contribution in [1.82, 2.24) is 9.71 Å². The van der Waals surface area contributed by atoms with Crippen LogP contribution in [-0.4, -0.2) is 19.4 Å². The van der Waals surface area contributed by atoms with Gasteiger partial charge in [-0.3, -0.25) is 0 Å². The maximum atomic E-state index is 12.2. The van der Waals surface area contributed by atoms with Gasteiger partial charge in [-0.25, -0.2) is 18.1 Å². The number of sulfonamides is 1. The van der Waals surface area contributed by atoms with E-state index in [1.54, 1.807) is 12.1 Å². The number of aromatic nitrogens is 1. The largest absolute Gasteiger partial charge is 0.396 e. The van der Waals surface area contributed by atoms with Gasteiger partial charge in [0.2, 0.25) is 0 Å². The van der Waals surface area contributed by atoms with E-state index in [0.29, 0.717) is 11.8 Å². The quantitative estimate of drug-likeness (QED) is 0.859. The second kappa shape index (κ2) is 4.20. The molecule has 98 valence electrons. The Morgan fingerprint density at radius 2 is 2.17 bits per heavy atom. The molecule has 3 rings (SSSR count). The average molecular weight is 267 g/mol. The van der Waals surface area contributed by atoms with E-state index < -0.39 is 10.0 Å². The molecular formula is C12H17N3O2S. The lowest BCUT2D eigenvalue weighted by molar-refractivity contribution is 0.390. The second-order valence-corrected chi connectivity index (χ2v) is 6.93.